The van der Waals surface area contributed by atoms with Crippen molar-refractivity contribution >= 4 is 23.2 Å². The topological polar surface area (TPSA) is 58.6 Å². The van der Waals surface area contributed by atoms with E-state index < -0.39 is 28.9 Å². The van der Waals surface area contributed by atoms with E-state index in [2.05, 4.69) is 5.32 Å². The zero-order chi connectivity index (χ0) is 20.3. The van der Waals surface area contributed by atoms with Crippen molar-refractivity contribution in [1.29, 1.82) is 0 Å². The van der Waals surface area contributed by atoms with Crippen LogP contribution in [-0.2, 0) is 9.53 Å². The highest BCUT2D eigenvalue weighted by atomic mass is 19.2. The Bertz CT molecular complexity index is 881. The van der Waals surface area contributed by atoms with E-state index in [1.54, 1.807) is 29.2 Å². The van der Waals surface area contributed by atoms with Gasteiger partial charge in [-0.1, -0.05) is 0 Å². The van der Waals surface area contributed by atoms with Crippen molar-refractivity contribution in [3.63, 3.8) is 0 Å². The van der Waals surface area contributed by atoms with Gasteiger partial charge in [-0.25, -0.2) is 13.2 Å². The molecule has 2 aromatic carbocycles. The molecule has 1 aliphatic rings. The second-order valence-corrected chi connectivity index (χ2v) is 6.46. The van der Waals surface area contributed by atoms with Crippen LogP contribution in [0.1, 0.15) is 30.1 Å². The molecule has 0 atom stereocenters. The molecule has 0 spiro atoms. The SMILES string of the molecule is CC(=O)N(c1ccc(NC(=O)c2ccc(F)c(F)c2F)cc1)C1CCOCC1. The summed E-state index contributed by atoms with van der Waals surface area (Å²) in [6, 6.07) is 8.03. The molecule has 2 aromatic rings. The van der Waals surface area contributed by atoms with Gasteiger partial charge >= 0.3 is 0 Å². The summed E-state index contributed by atoms with van der Waals surface area (Å²) in [7, 11) is 0. The summed E-state index contributed by atoms with van der Waals surface area (Å²) in [5, 5.41) is 2.43. The number of hydrogen-bond donors (Lipinski definition) is 1. The molecule has 0 unspecified atom stereocenters. The zero-order valence-corrected chi connectivity index (χ0v) is 15.2. The highest BCUT2D eigenvalue weighted by Gasteiger charge is 2.25. The summed E-state index contributed by atoms with van der Waals surface area (Å²) in [5.41, 5.74) is 0.389. The molecule has 0 saturated carbocycles. The predicted octanol–water partition coefficient (Wildman–Crippen LogP) is 3.89. The van der Waals surface area contributed by atoms with Crippen molar-refractivity contribution in [2.24, 2.45) is 0 Å². The molecule has 3 rings (SSSR count). The lowest BCUT2D eigenvalue weighted by molar-refractivity contribution is -0.117. The number of hydrogen-bond acceptors (Lipinski definition) is 3. The lowest BCUT2D eigenvalue weighted by atomic mass is 10.1. The summed E-state index contributed by atoms with van der Waals surface area (Å²) in [4.78, 5) is 25.9. The van der Waals surface area contributed by atoms with Gasteiger partial charge in [0, 0.05) is 37.6 Å². The number of anilines is 2. The number of halogens is 3. The minimum absolute atomic E-state index is 0.0305. The van der Waals surface area contributed by atoms with Gasteiger partial charge in [-0.15, -0.1) is 0 Å². The van der Waals surface area contributed by atoms with Crippen LogP contribution in [0.25, 0.3) is 0 Å². The Morgan fingerprint density at radius 2 is 1.64 bits per heavy atom. The average molecular weight is 392 g/mol. The number of amides is 2. The van der Waals surface area contributed by atoms with Crippen LogP contribution in [0.3, 0.4) is 0 Å². The Labute approximate surface area is 160 Å². The lowest BCUT2D eigenvalue weighted by Crippen LogP contribution is -2.42. The molecule has 8 heteroatoms. The summed E-state index contributed by atoms with van der Waals surface area (Å²) >= 11 is 0. The van der Waals surface area contributed by atoms with Crippen molar-refractivity contribution < 1.29 is 27.5 Å². The fourth-order valence-electron chi connectivity index (χ4n) is 3.20. The van der Waals surface area contributed by atoms with Crippen LogP contribution in [0.4, 0.5) is 24.5 Å². The highest BCUT2D eigenvalue weighted by molar-refractivity contribution is 6.04. The number of carbonyl (C=O) groups is 2. The van der Waals surface area contributed by atoms with E-state index >= 15 is 0 Å². The third-order valence-corrected chi connectivity index (χ3v) is 4.58. The van der Waals surface area contributed by atoms with E-state index in [4.69, 9.17) is 4.74 Å². The molecule has 0 bridgehead atoms. The highest BCUT2D eigenvalue weighted by Crippen LogP contribution is 2.25. The molecule has 1 saturated heterocycles. The molecule has 1 aliphatic heterocycles. The van der Waals surface area contributed by atoms with Gasteiger partial charge in [-0.3, -0.25) is 9.59 Å². The molecule has 0 aromatic heterocycles. The number of rotatable bonds is 4. The molecule has 2 amide bonds. The molecule has 1 fully saturated rings. The molecule has 1 heterocycles. The summed E-state index contributed by atoms with van der Waals surface area (Å²) < 4.78 is 45.4. The van der Waals surface area contributed by atoms with Gasteiger partial charge in [0.2, 0.25) is 5.91 Å². The Balaban J connectivity index is 1.76. The Hall–Kier alpha value is -2.87. The van der Waals surface area contributed by atoms with Crippen molar-refractivity contribution in [2.75, 3.05) is 23.4 Å². The maximum atomic E-state index is 13.8. The Kier molecular flexibility index (Phi) is 5.99. The van der Waals surface area contributed by atoms with Crippen LogP contribution in [0.5, 0.6) is 0 Å². The minimum atomic E-state index is -1.70. The fourth-order valence-corrected chi connectivity index (χ4v) is 3.20. The first-order valence-corrected chi connectivity index (χ1v) is 8.81. The van der Waals surface area contributed by atoms with Crippen molar-refractivity contribution in [1.82, 2.24) is 0 Å². The lowest BCUT2D eigenvalue weighted by Gasteiger charge is -2.33. The van der Waals surface area contributed by atoms with Gasteiger partial charge in [0.25, 0.3) is 5.91 Å². The summed E-state index contributed by atoms with van der Waals surface area (Å²) in [6.07, 6.45) is 1.46. The average Bonchev–Trinajstić information content (AvgIpc) is 2.68. The second kappa shape index (κ2) is 8.43. The molecule has 28 heavy (non-hydrogen) atoms. The van der Waals surface area contributed by atoms with Crippen LogP contribution in [0, 0.1) is 17.5 Å². The third-order valence-electron chi connectivity index (χ3n) is 4.58. The maximum Gasteiger partial charge on any atom is 0.258 e. The van der Waals surface area contributed by atoms with Crippen LogP contribution >= 0.6 is 0 Å². The van der Waals surface area contributed by atoms with Gasteiger partial charge in [0.05, 0.1) is 5.56 Å². The van der Waals surface area contributed by atoms with Crippen molar-refractivity contribution in [3.8, 4) is 0 Å². The van der Waals surface area contributed by atoms with E-state index in [-0.39, 0.29) is 11.9 Å². The third kappa shape index (κ3) is 4.17. The number of nitrogens with one attached hydrogen (secondary N) is 1. The molecular weight excluding hydrogens is 373 g/mol. The fraction of sp³-hybridized carbons (Fsp3) is 0.300. The molecule has 0 aliphatic carbocycles. The zero-order valence-electron chi connectivity index (χ0n) is 15.2. The standard InChI is InChI=1S/C20H19F3N2O3/c1-12(26)25(15-8-10-28-11-9-15)14-4-2-13(3-5-14)24-20(27)16-6-7-17(21)19(23)18(16)22/h2-7,15H,8-11H2,1H3,(H,24,27). The van der Waals surface area contributed by atoms with Gasteiger partial charge in [-0.2, -0.15) is 0 Å². The second-order valence-electron chi connectivity index (χ2n) is 6.46. The number of nitrogens with zero attached hydrogens (tertiary/aromatic N) is 1. The van der Waals surface area contributed by atoms with Gasteiger partial charge < -0.3 is 15.0 Å². The van der Waals surface area contributed by atoms with E-state index in [1.807, 2.05) is 0 Å². The van der Waals surface area contributed by atoms with Crippen LogP contribution in [0.15, 0.2) is 36.4 Å². The predicted molar refractivity (Wildman–Crippen MR) is 97.7 cm³/mol. The summed E-state index contributed by atoms with van der Waals surface area (Å²) in [5.74, 6) is -5.62. The molecule has 148 valence electrons. The molecule has 1 N–H and O–H groups in total. The van der Waals surface area contributed by atoms with Gasteiger partial charge in [0.1, 0.15) is 0 Å². The van der Waals surface area contributed by atoms with E-state index in [9.17, 15) is 22.8 Å². The van der Waals surface area contributed by atoms with Gasteiger partial charge in [0.15, 0.2) is 17.5 Å². The molecule has 5 nitrogen and oxygen atoms in total. The monoisotopic (exact) mass is 392 g/mol. The number of benzene rings is 2. The summed E-state index contributed by atoms with van der Waals surface area (Å²) in [6.45, 7) is 2.65. The van der Waals surface area contributed by atoms with Crippen LogP contribution < -0.4 is 10.2 Å². The van der Waals surface area contributed by atoms with E-state index in [0.29, 0.717) is 30.7 Å². The number of ether oxygens (including phenoxy) is 1. The number of carbonyl (C=O) groups excluding carboxylic acids is 2. The molecular formula is C20H19F3N2O3. The first-order valence-electron chi connectivity index (χ1n) is 8.81. The Morgan fingerprint density at radius 1 is 1.00 bits per heavy atom. The smallest absolute Gasteiger partial charge is 0.258 e. The first-order chi connectivity index (χ1) is 13.4. The first kappa shape index (κ1) is 19.9. The quantitative estimate of drug-likeness (QED) is 0.804. The van der Waals surface area contributed by atoms with Crippen LogP contribution in [0.2, 0.25) is 0 Å². The van der Waals surface area contributed by atoms with Crippen molar-refractivity contribution in [3.05, 3.63) is 59.4 Å². The van der Waals surface area contributed by atoms with E-state index in [1.165, 1.54) is 6.92 Å². The maximum absolute atomic E-state index is 13.8. The minimum Gasteiger partial charge on any atom is -0.381 e. The van der Waals surface area contributed by atoms with Crippen LogP contribution in [-0.4, -0.2) is 31.1 Å². The van der Waals surface area contributed by atoms with Crippen molar-refractivity contribution in [2.45, 2.75) is 25.8 Å². The molecule has 0 radical (unpaired) electrons. The van der Waals surface area contributed by atoms with E-state index in [0.717, 1.165) is 18.9 Å². The largest absolute Gasteiger partial charge is 0.381 e. The Morgan fingerprint density at radius 3 is 2.25 bits per heavy atom. The van der Waals surface area contributed by atoms with Gasteiger partial charge in [-0.05, 0) is 49.2 Å². The normalized spacial score (nSPS) is 14.6.